The molecule has 18 heavy (non-hydrogen) atoms. The first-order valence-corrected chi connectivity index (χ1v) is 7.30. The number of thiol groups is 1. The van der Waals surface area contributed by atoms with Gasteiger partial charge in [0, 0.05) is 23.0 Å². The van der Waals surface area contributed by atoms with Crippen LogP contribution in [-0.4, -0.2) is 23.4 Å². The Labute approximate surface area is 114 Å². The van der Waals surface area contributed by atoms with Crippen LogP contribution in [0.5, 0.6) is 0 Å². The Kier molecular flexibility index (Phi) is 3.33. The van der Waals surface area contributed by atoms with Gasteiger partial charge in [-0.3, -0.25) is 4.79 Å². The van der Waals surface area contributed by atoms with Crippen molar-refractivity contribution in [3.05, 3.63) is 29.8 Å². The van der Waals surface area contributed by atoms with Gasteiger partial charge < -0.3 is 4.90 Å². The monoisotopic (exact) mass is 261 g/mol. The topological polar surface area (TPSA) is 20.3 Å². The van der Waals surface area contributed by atoms with Crippen molar-refractivity contribution in [2.75, 3.05) is 6.54 Å². The van der Waals surface area contributed by atoms with Crippen LogP contribution < -0.4 is 0 Å². The Morgan fingerprint density at radius 3 is 2.61 bits per heavy atom. The first-order valence-electron chi connectivity index (χ1n) is 6.86. The molecule has 0 N–H and O–H groups in total. The van der Waals surface area contributed by atoms with Crippen molar-refractivity contribution in [3.8, 4) is 0 Å². The Balaban J connectivity index is 1.78. The second kappa shape index (κ2) is 4.96. The fourth-order valence-corrected chi connectivity index (χ4v) is 3.58. The summed E-state index contributed by atoms with van der Waals surface area (Å²) >= 11 is 4.26. The van der Waals surface area contributed by atoms with Crippen LogP contribution in [0.3, 0.4) is 0 Å². The lowest BCUT2D eigenvalue weighted by Gasteiger charge is -2.31. The zero-order valence-corrected chi connectivity index (χ0v) is 11.4. The van der Waals surface area contributed by atoms with Gasteiger partial charge in [0.05, 0.1) is 0 Å². The highest BCUT2D eigenvalue weighted by molar-refractivity contribution is 7.80. The van der Waals surface area contributed by atoms with Crippen LogP contribution in [0, 0.1) is 5.92 Å². The zero-order valence-electron chi connectivity index (χ0n) is 10.5. The normalized spacial score (nSPS) is 27.1. The van der Waals surface area contributed by atoms with E-state index < -0.39 is 0 Å². The average Bonchev–Trinajstić information content (AvgIpc) is 2.82. The minimum Gasteiger partial charge on any atom is -0.335 e. The van der Waals surface area contributed by atoms with E-state index in [0.717, 1.165) is 22.9 Å². The van der Waals surface area contributed by atoms with Crippen LogP contribution in [0.25, 0.3) is 0 Å². The average molecular weight is 261 g/mol. The first kappa shape index (κ1) is 12.1. The number of nitrogens with zero attached hydrogens (tertiary/aromatic N) is 1. The van der Waals surface area contributed by atoms with E-state index in [2.05, 4.69) is 17.5 Å². The summed E-state index contributed by atoms with van der Waals surface area (Å²) in [4.78, 5) is 15.5. The molecule has 3 heteroatoms. The summed E-state index contributed by atoms with van der Waals surface area (Å²) in [5.74, 6) is 0.963. The second-order valence-electron chi connectivity index (χ2n) is 5.45. The van der Waals surface area contributed by atoms with E-state index in [9.17, 15) is 4.79 Å². The van der Waals surface area contributed by atoms with Crippen LogP contribution in [0.2, 0.25) is 0 Å². The fraction of sp³-hybridized carbons (Fsp3) is 0.533. The van der Waals surface area contributed by atoms with Crippen molar-refractivity contribution in [3.63, 3.8) is 0 Å². The van der Waals surface area contributed by atoms with Crippen molar-refractivity contribution in [2.24, 2.45) is 5.92 Å². The molecule has 1 amide bonds. The summed E-state index contributed by atoms with van der Waals surface area (Å²) in [5, 5.41) is 0. The molecule has 0 radical (unpaired) electrons. The molecule has 0 spiro atoms. The maximum absolute atomic E-state index is 12.5. The number of fused-ring (bicyclic) bond motifs is 1. The summed E-state index contributed by atoms with van der Waals surface area (Å²) in [6.07, 6.45) is 6.32. The minimum atomic E-state index is 0.206. The third-order valence-electron chi connectivity index (χ3n) is 4.39. The summed E-state index contributed by atoms with van der Waals surface area (Å²) in [7, 11) is 0. The Morgan fingerprint density at radius 2 is 1.83 bits per heavy atom. The second-order valence-corrected chi connectivity index (χ2v) is 5.96. The van der Waals surface area contributed by atoms with E-state index >= 15 is 0 Å². The molecule has 2 atom stereocenters. The molecule has 1 saturated heterocycles. The van der Waals surface area contributed by atoms with Crippen molar-refractivity contribution in [2.45, 2.75) is 43.0 Å². The number of carbonyl (C=O) groups excluding carboxylic acids is 1. The van der Waals surface area contributed by atoms with Gasteiger partial charge in [0.15, 0.2) is 0 Å². The molecule has 1 heterocycles. The standard InChI is InChI=1S/C15H19NOS/c17-15(12-5-7-13(18)8-6-12)16-10-9-11-3-1-2-4-14(11)16/h5-8,11,14,18H,1-4,9-10H2. The highest BCUT2D eigenvalue weighted by Gasteiger charge is 2.38. The van der Waals surface area contributed by atoms with Gasteiger partial charge in [-0.05, 0) is 49.4 Å². The summed E-state index contributed by atoms with van der Waals surface area (Å²) in [5.41, 5.74) is 0.805. The number of carbonyl (C=O) groups is 1. The van der Waals surface area contributed by atoms with E-state index in [-0.39, 0.29) is 5.91 Å². The van der Waals surface area contributed by atoms with E-state index in [0.29, 0.717) is 6.04 Å². The third kappa shape index (κ3) is 2.16. The van der Waals surface area contributed by atoms with E-state index in [1.807, 2.05) is 24.3 Å². The Bertz CT molecular complexity index is 442. The van der Waals surface area contributed by atoms with Crippen LogP contribution in [-0.2, 0) is 0 Å². The molecule has 2 unspecified atom stereocenters. The molecule has 1 aliphatic heterocycles. The summed E-state index contributed by atoms with van der Waals surface area (Å²) in [6, 6.07) is 8.07. The van der Waals surface area contributed by atoms with Gasteiger partial charge in [-0.2, -0.15) is 0 Å². The van der Waals surface area contributed by atoms with Crippen molar-refractivity contribution < 1.29 is 4.79 Å². The maximum atomic E-state index is 12.5. The minimum absolute atomic E-state index is 0.206. The van der Waals surface area contributed by atoms with E-state index in [1.165, 1.54) is 32.1 Å². The van der Waals surface area contributed by atoms with E-state index in [1.54, 1.807) is 0 Å². The smallest absolute Gasteiger partial charge is 0.254 e. The molecule has 3 rings (SSSR count). The molecule has 1 aromatic carbocycles. The lowest BCUT2D eigenvalue weighted by Crippen LogP contribution is -2.39. The predicted octanol–water partition coefficient (Wildman–Crippen LogP) is 3.38. The quantitative estimate of drug-likeness (QED) is 0.768. The van der Waals surface area contributed by atoms with Crippen molar-refractivity contribution in [1.29, 1.82) is 0 Å². The maximum Gasteiger partial charge on any atom is 0.254 e. The molecule has 0 aromatic heterocycles. The fourth-order valence-electron chi connectivity index (χ4n) is 3.43. The molecule has 2 fully saturated rings. The first-order chi connectivity index (χ1) is 8.75. The molecule has 0 bridgehead atoms. The SMILES string of the molecule is O=C(c1ccc(S)cc1)N1CCC2CCCCC21. The number of hydrogen-bond donors (Lipinski definition) is 1. The molecule has 2 nitrogen and oxygen atoms in total. The van der Waals surface area contributed by atoms with Gasteiger partial charge in [-0.15, -0.1) is 12.6 Å². The van der Waals surface area contributed by atoms with Crippen LogP contribution in [0.15, 0.2) is 29.2 Å². The van der Waals surface area contributed by atoms with Crippen molar-refractivity contribution in [1.82, 2.24) is 4.90 Å². The van der Waals surface area contributed by atoms with Gasteiger partial charge in [0.25, 0.3) is 5.91 Å². The predicted molar refractivity (Wildman–Crippen MR) is 75.1 cm³/mol. The van der Waals surface area contributed by atoms with Gasteiger partial charge >= 0.3 is 0 Å². The zero-order chi connectivity index (χ0) is 12.5. The van der Waals surface area contributed by atoms with Gasteiger partial charge in [0.2, 0.25) is 0 Å². The number of hydrogen-bond acceptors (Lipinski definition) is 2. The number of likely N-dealkylation sites (tertiary alicyclic amines) is 1. The Hall–Kier alpha value is -0.960. The highest BCUT2D eigenvalue weighted by Crippen LogP contribution is 2.36. The largest absolute Gasteiger partial charge is 0.335 e. The number of rotatable bonds is 1. The van der Waals surface area contributed by atoms with Gasteiger partial charge in [0.1, 0.15) is 0 Å². The molecule has 2 aliphatic rings. The third-order valence-corrected chi connectivity index (χ3v) is 4.68. The molecular weight excluding hydrogens is 242 g/mol. The molecular formula is C15H19NOS. The summed E-state index contributed by atoms with van der Waals surface area (Å²) in [6.45, 7) is 0.941. The van der Waals surface area contributed by atoms with Crippen molar-refractivity contribution >= 4 is 18.5 Å². The molecule has 1 saturated carbocycles. The molecule has 1 aromatic rings. The van der Waals surface area contributed by atoms with Gasteiger partial charge in [-0.1, -0.05) is 12.8 Å². The Morgan fingerprint density at radius 1 is 1.11 bits per heavy atom. The highest BCUT2D eigenvalue weighted by atomic mass is 32.1. The lowest BCUT2D eigenvalue weighted by atomic mass is 9.85. The molecule has 96 valence electrons. The number of amides is 1. The number of benzene rings is 1. The van der Waals surface area contributed by atoms with Gasteiger partial charge in [-0.25, -0.2) is 0 Å². The van der Waals surface area contributed by atoms with E-state index in [4.69, 9.17) is 0 Å². The van der Waals surface area contributed by atoms with Crippen LogP contribution in [0.1, 0.15) is 42.5 Å². The summed E-state index contributed by atoms with van der Waals surface area (Å²) < 4.78 is 0. The molecule has 1 aliphatic carbocycles. The van der Waals surface area contributed by atoms with Crippen LogP contribution >= 0.6 is 12.6 Å². The van der Waals surface area contributed by atoms with Crippen LogP contribution in [0.4, 0.5) is 0 Å². The lowest BCUT2D eigenvalue weighted by molar-refractivity contribution is 0.0690.